The first-order chi connectivity index (χ1) is 8.10. The van der Waals surface area contributed by atoms with E-state index in [-0.39, 0.29) is 0 Å². The van der Waals surface area contributed by atoms with E-state index in [1.54, 1.807) is 0 Å². The van der Waals surface area contributed by atoms with E-state index in [9.17, 15) is 0 Å². The molecule has 0 aliphatic rings. The van der Waals surface area contributed by atoms with Crippen LogP contribution in [0.1, 0.15) is 25.2 Å². The molecule has 0 aliphatic heterocycles. The van der Waals surface area contributed by atoms with Crippen LogP contribution in [0, 0.1) is 13.8 Å². The normalized spacial score (nSPS) is 11.1. The quantitative estimate of drug-likeness (QED) is 0.759. The van der Waals surface area contributed by atoms with Crippen molar-refractivity contribution in [2.45, 2.75) is 34.2 Å². The van der Waals surface area contributed by atoms with Crippen LogP contribution in [0.2, 0.25) is 0 Å². The zero-order valence-electron chi connectivity index (χ0n) is 11.2. The van der Waals surface area contributed by atoms with Gasteiger partial charge in [0.15, 0.2) is 6.54 Å². The van der Waals surface area contributed by atoms with E-state index in [0.717, 1.165) is 17.8 Å². The van der Waals surface area contributed by atoms with E-state index in [1.165, 1.54) is 16.8 Å². The molecule has 0 fully saturated rings. The highest BCUT2D eigenvalue weighted by Gasteiger charge is 2.19. The van der Waals surface area contributed by atoms with Gasteiger partial charge in [0.05, 0.1) is 17.4 Å². The first kappa shape index (κ1) is 11.9. The van der Waals surface area contributed by atoms with Crippen LogP contribution in [-0.4, -0.2) is 16.3 Å². The molecule has 0 aromatic carbocycles. The zero-order chi connectivity index (χ0) is 12.6. The van der Waals surface area contributed by atoms with Gasteiger partial charge in [0.25, 0.3) is 5.88 Å². The highest BCUT2D eigenvalue weighted by molar-refractivity contribution is 5.91. The topological polar surface area (TPSA) is 30.9 Å². The van der Waals surface area contributed by atoms with Crippen molar-refractivity contribution in [2.24, 2.45) is 7.05 Å². The van der Waals surface area contributed by atoms with E-state index in [4.69, 9.17) is 4.74 Å². The maximum absolute atomic E-state index is 5.67. The van der Waals surface area contributed by atoms with Gasteiger partial charge in [-0.05, 0) is 27.7 Å². The van der Waals surface area contributed by atoms with Gasteiger partial charge in [0, 0.05) is 23.5 Å². The Kier molecular flexibility index (Phi) is 3.05. The minimum absolute atomic E-state index is 0.642. The minimum atomic E-state index is 0.642. The van der Waals surface area contributed by atoms with Crippen LogP contribution in [0.3, 0.4) is 0 Å². The molecule has 0 saturated carbocycles. The predicted molar refractivity (Wildman–Crippen MR) is 67.2 cm³/mol. The number of fused-ring (bicyclic) bond motifs is 1. The van der Waals surface area contributed by atoms with Crippen molar-refractivity contribution in [3.05, 3.63) is 17.6 Å². The lowest BCUT2D eigenvalue weighted by molar-refractivity contribution is -0.750. The summed E-state index contributed by atoms with van der Waals surface area (Å²) in [6, 6.07) is 0. The van der Waals surface area contributed by atoms with E-state index < -0.39 is 0 Å². The van der Waals surface area contributed by atoms with Gasteiger partial charge in [-0.1, -0.05) is 4.68 Å². The first-order valence-corrected chi connectivity index (χ1v) is 6.09. The fraction of sp³-hybridized carbons (Fsp3) is 0.538. The van der Waals surface area contributed by atoms with Crippen LogP contribution in [0.5, 0.6) is 5.88 Å². The summed E-state index contributed by atoms with van der Waals surface area (Å²) in [5, 5.41) is 6.87. The third-order valence-corrected chi connectivity index (χ3v) is 3.34. The first-order valence-electron chi connectivity index (χ1n) is 6.09. The van der Waals surface area contributed by atoms with Crippen molar-refractivity contribution < 1.29 is 9.42 Å². The third-order valence-electron chi connectivity index (χ3n) is 3.34. The molecule has 0 atom stereocenters. The Balaban J connectivity index is 2.81. The van der Waals surface area contributed by atoms with Gasteiger partial charge < -0.3 is 9.30 Å². The smallest absolute Gasteiger partial charge is 0.288 e. The summed E-state index contributed by atoms with van der Waals surface area (Å²) in [7, 11) is 2.08. The summed E-state index contributed by atoms with van der Waals surface area (Å²) in [5.41, 5.74) is 2.46. The number of hydrogen-bond acceptors (Lipinski definition) is 2. The number of nitrogens with zero attached hydrogens (tertiary/aromatic N) is 3. The van der Waals surface area contributed by atoms with Crippen molar-refractivity contribution in [1.82, 2.24) is 9.67 Å². The number of aryl methyl sites for hydroxylation is 3. The molecule has 0 spiro atoms. The van der Waals surface area contributed by atoms with Crippen molar-refractivity contribution in [2.75, 3.05) is 6.61 Å². The second-order valence-electron chi connectivity index (χ2n) is 4.24. The van der Waals surface area contributed by atoms with Crippen molar-refractivity contribution >= 4 is 10.8 Å². The van der Waals surface area contributed by atoms with E-state index in [2.05, 4.69) is 43.7 Å². The fourth-order valence-corrected chi connectivity index (χ4v) is 2.15. The highest BCUT2D eigenvalue weighted by Crippen LogP contribution is 2.29. The summed E-state index contributed by atoms with van der Waals surface area (Å²) in [6.07, 6.45) is 2.10. The molecule has 0 saturated heterocycles. The molecule has 92 valence electrons. The number of rotatable bonds is 3. The number of hydrogen-bond donors (Lipinski definition) is 0. The van der Waals surface area contributed by atoms with Gasteiger partial charge in [-0.2, -0.15) is 0 Å². The Morgan fingerprint density at radius 1 is 1.29 bits per heavy atom. The molecule has 4 heteroatoms. The van der Waals surface area contributed by atoms with Crippen LogP contribution in [-0.2, 0) is 13.6 Å². The Hall–Kier alpha value is -1.58. The molecule has 2 heterocycles. The molecule has 2 rings (SSSR count). The Morgan fingerprint density at radius 2 is 2.00 bits per heavy atom. The van der Waals surface area contributed by atoms with Crippen LogP contribution in [0.4, 0.5) is 0 Å². The third kappa shape index (κ3) is 1.77. The van der Waals surface area contributed by atoms with E-state index in [0.29, 0.717) is 6.61 Å². The maximum atomic E-state index is 5.67. The van der Waals surface area contributed by atoms with Gasteiger partial charge >= 0.3 is 0 Å². The van der Waals surface area contributed by atoms with Crippen LogP contribution >= 0.6 is 0 Å². The Bertz CT molecular complexity index is 558. The highest BCUT2D eigenvalue weighted by atomic mass is 16.5. The zero-order valence-corrected chi connectivity index (χ0v) is 11.2. The molecule has 0 unspecified atom stereocenters. The average molecular weight is 234 g/mol. The fourth-order valence-electron chi connectivity index (χ4n) is 2.15. The van der Waals surface area contributed by atoms with Crippen molar-refractivity contribution in [3.63, 3.8) is 0 Å². The Morgan fingerprint density at radius 3 is 2.59 bits per heavy atom. The second kappa shape index (κ2) is 4.35. The van der Waals surface area contributed by atoms with E-state index in [1.807, 2.05) is 11.6 Å². The summed E-state index contributed by atoms with van der Waals surface area (Å²) in [6.45, 7) is 9.80. The van der Waals surface area contributed by atoms with Gasteiger partial charge in [0.1, 0.15) is 0 Å². The number of aromatic nitrogens is 3. The van der Waals surface area contributed by atoms with Gasteiger partial charge in [-0.15, -0.1) is 0 Å². The molecule has 4 nitrogen and oxygen atoms in total. The molecule has 0 amide bonds. The largest absolute Gasteiger partial charge is 0.474 e. The number of ether oxygens (including phenoxy) is 1. The molecule has 2 aromatic heterocycles. The summed E-state index contributed by atoms with van der Waals surface area (Å²) >= 11 is 0. The lowest BCUT2D eigenvalue weighted by Crippen LogP contribution is -2.36. The van der Waals surface area contributed by atoms with Crippen molar-refractivity contribution in [3.8, 4) is 5.88 Å². The van der Waals surface area contributed by atoms with Gasteiger partial charge in [-0.3, -0.25) is 0 Å². The summed E-state index contributed by atoms with van der Waals surface area (Å²) in [4.78, 5) is 0. The molecular weight excluding hydrogens is 214 g/mol. The van der Waals surface area contributed by atoms with E-state index >= 15 is 0 Å². The Labute approximate surface area is 102 Å². The van der Waals surface area contributed by atoms with Crippen LogP contribution < -0.4 is 9.42 Å². The maximum Gasteiger partial charge on any atom is 0.288 e. The molecule has 0 N–H and O–H groups in total. The SMILES string of the molecule is CCOc1n[n+](CC)cc2c(C)n(C)c(C)c12. The lowest BCUT2D eigenvalue weighted by Gasteiger charge is -2.02. The predicted octanol–water partition coefficient (Wildman–Crippen LogP) is 1.90. The molecule has 0 radical (unpaired) electrons. The molecule has 17 heavy (non-hydrogen) atoms. The molecular formula is C13H20N3O+. The minimum Gasteiger partial charge on any atom is -0.474 e. The van der Waals surface area contributed by atoms with Gasteiger partial charge in [-0.25, -0.2) is 0 Å². The monoisotopic (exact) mass is 234 g/mol. The average Bonchev–Trinajstić information content (AvgIpc) is 2.55. The summed E-state index contributed by atoms with van der Waals surface area (Å²) in [5.74, 6) is 0.744. The van der Waals surface area contributed by atoms with Crippen LogP contribution in [0.25, 0.3) is 10.8 Å². The molecule has 0 bridgehead atoms. The summed E-state index contributed by atoms with van der Waals surface area (Å²) < 4.78 is 9.79. The molecule has 0 aliphatic carbocycles. The van der Waals surface area contributed by atoms with Crippen molar-refractivity contribution in [1.29, 1.82) is 0 Å². The van der Waals surface area contributed by atoms with Gasteiger partial charge in [0.2, 0.25) is 6.20 Å². The lowest BCUT2D eigenvalue weighted by atomic mass is 10.2. The standard InChI is InChI=1S/C13H20N3O/c1-6-16-8-11-9(3)15(5)10(4)12(11)13(14-16)17-7-2/h8H,6-7H2,1-5H3/q+1. The molecule has 2 aromatic rings. The van der Waals surface area contributed by atoms with Crippen LogP contribution in [0.15, 0.2) is 6.20 Å². The second-order valence-corrected chi connectivity index (χ2v) is 4.24.